The monoisotopic (exact) mass is 322 g/mol. The second kappa shape index (κ2) is 6.20. The first-order chi connectivity index (χ1) is 10.4. The molecule has 2 unspecified atom stereocenters. The fraction of sp³-hybridized carbons (Fsp3) is 0.706. The minimum absolute atomic E-state index is 0.256. The number of fused-ring (bicyclic) bond motifs is 2. The fourth-order valence-corrected chi connectivity index (χ4v) is 4.38. The van der Waals surface area contributed by atoms with Gasteiger partial charge in [0.05, 0.1) is 0 Å². The Hall–Kier alpha value is -1.07. The molecule has 0 aliphatic carbocycles. The number of hydrogen-bond acceptors (Lipinski definition) is 4. The fourth-order valence-electron chi connectivity index (χ4n) is 3.72. The molecular formula is C17H26N2O2S. The molecule has 2 aliphatic heterocycles. The number of nitrogens with one attached hydrogen (secondary N) is 1. The Balaban J connectivity index is 1.54. The van der Waals surface area contributed by atoms with Gasteiger partial charge in [-0.05, 0) is 68.8 Å². The van der Waals surface area contributed by atoms with E-state index in [9.17, 15) is 4.79 Å². The second-order valence-electron chi connectivity index (χ2n) is 7.50. The lowest BCUT2D eigenvalue weighted by atomic mass is 9.97. The Morgan fingerprint density at radius 2 is 2.05 bits per heavy atom. The van der Waals surface area contributed by atoms with Gasteiger partial charge in [-0.25, -0.2) is 4.79 Å². The number of alkyl carbamates (subject to hydrolysis) is 1. The average Bonchev–Trinajstić information content (AvgIpc) is 2.96. The van der Waals surface area contributed by atoms with E-state index in [0.29, 0.717) is 12.1 Å². The van der Waals surface area contributed by atoms with Crippen LogP contribution < -0.4 is 5.32 Å². The molecule has 3 heterocycles. The maximum absolute atomic E-state index is 12.0. The van der Waals surface area contributed by atoms with Crippen molar-refractivity contribution in [2.75, 3.05) is 0 Å². The van der Waals surface area contributed by atoms with E-state index in [1.54, 1.807) is 11.3 Å². The lowest BCUT2D eigenvalue weighted by Gasteiger charge is -2.39. The molecule has 1 amide bonds. The Kier molecular flexibility index (Phi) is 4.46. The number of amides is 1. The van der Waals surface area contributed by atoms with Crippen LogP contribution in [0.2, 0.25) is 0 Å². The molecule has 4 nitrogen and oxygen atoms in total. The van der Waals surface area contributed by atoms with Gasteiger partial charge < -0.3 is 10.1 Å². The standard InChI is InChI=1S/C17H26N2O2S/c1-17(2,3)21-16(20)18-13-8-14-4-5-15(9-13)19(14)10-12-6-7-22-11-12/h6-7,11,13-15H,4-5,8-10H2,1-3H3,(H,18,20). The number of thiophene rings is 1. The van der Waals surface area contributed by atoms with Crippen molar-refractivity contribution in [1.29, 1.82) is 0 Å². The van der Waals surface area contributed by atoms with Gasteiger partial charge >= 0.3 is 6.09 Å². The Labute approximate surface area is 136 Å². The van der Waals surface area contributed by atoms with Gasteiger partial charge in [0.2, 0.25) is 0 Å². The molecule has 2 atom stereocenters. The molecule has 1 aromatic rings. The molecule has 0 radical (unpaired) electrons. The molecule has 5 heteroatoms. The highest BCUT2D eigenvalue weighted by Gasteiger charge is 2.41. The van der Waals surface area contributed by atoms with Gasteiger partial charge in [0, 0.05) is 24.7 Å². The zero-order valence-electron chi connectivity index (χ0n) is 13.7. The molecule has 0 saturated carbocycles. The van der Waals surface area contributed by atoms with Gasteiger partial charge in [-0.1, -0.05) is 0 Å². The Morgan fingerprint density at radius 3 is 2.59 bits per heavy atom. The molecule has 3 rings (SSSR count). The summed E-state index contributed by atoms with van der Waals surface area (Å²) in [6.07, 6.45) is 4.31. The van der Waals surface area contributed by atoms with Gasteiger partial charge in [0.15, 0.2) is 0 Å². The van der Waals surface area contributed by atoms with Crippen molar-refractivity contribution in [3.8, 4) is 0 Å². The molecular weight excluding hydrogens is 296 g/mol. The molecule has 122 valence electrons. The first-order valence-electron chi connectivity index (χ1n) is 8.17. The first-order valence-corrected chi connectivity index (χ1v) is 9.11. The number of piperidine rings is 1. The summed E-state index contributed by atoms with van der Waals surface area (Å²) in [4.78, 5) is 14.6. The average molecular weight is 322 g/mol. The summed E-state index contributed by atoms with van der Waals surface area (Å²) in [7, 11) is 0. The predicted molar refractivity (Wildman–Crippen MR) is 89.1 cm³/mol. The maximum atomic E-state index is 12.0. The number of rotatable bonds is 3. The summed E-state index contributed by atoms with van der Waals surface area (Å²) in [5.41, 5.74) is 0.989. The van der Waals surface area contributed by atoms with Crippen LogP contribution in [0, 0.1) is 0 Å². The van der Waals surface area contributed by atoms with Crippen LogP contribution in [0.3, 0.4) is 0 Å². The van der Waals surface area contributed by atoms with Crippen LogP contribution in [-0.4, -0.2) is 34.7 Å². The van der Waals surface area contributed by atoms with Crippen molar-refractivity contribution in [3.05, 3.63) is 22.4 Å². The largest absolute Gasteiger partial charge is 0.444 e. The highest BCUT2D eigenvalue weighted by molar-refractivity contribution is 7.07. The maximum Gasteiger partial charge on any atom is 0.407 e. The number of carbonyl (C=O) groups excluding carboxylic acids is 1. The van der Waals surface area contributed by atoms with Crippen molar-refractivity contribution < 1.29 is 9.53 Å². The zero-order chi connectivity index (χ0) is 15.7. The van der Waals surface area contributed by atoms with Crippen LogP contribution in [0.1, 0.15) is 52.0 Å². The topological polar surface area (TPSA) is 41.6 Å². The van der Waals surface area contributed by atoms with Gasteiger partial charge in [0.25, 0.3) is 0 Å². The summed E-state index contributed by atoms with van der Waals surface area (Å²) in [5, 5.41) is 7.46. The molecule has 2 bridgehead atoms. The quantitative estimate of drug-likeness (QED) is 0.921. The number of hydrogen-bond donors (Lipinski definition) is 1. The van der Waals surface area contributed by atoms with Crippen molar-refractivity contribution in [2.45, 2.75) is 76.7 Å². The van der Waals surface area contributed by atoms with Gasteiger partial charge in [-0.3, -0.25) is 4.90 Å². The van der Waals surface area contributed by atoms with E-state index < -0.39 is 5.60 Å². The van der Waals surface area contributed by atoms with Crippen LogP contribution in [0.15, 0.2) is 16.8 Å². The minimum atomic E-state index is -0.428. The number of nitrogens with zero attached hydrogens (tertiary/aromatic N) is 1. The van der Waals surface area contributed by atoms with E-state index in [4.69, 9.17) is 4.74 Å². The van der Waals surface area contributed by atoms with E-state index in [-0.39, 0.29) is 12.1 Å². The number of ether oxygens (including phenoxy) is 1. The normalized spacial score (nSPS) is 28.6. The van der Waals surface area contributed by atoms with E-state index >= 15 is 0 Å². The van der Waals surface area contributed by atoms with Crippen molar-refractivity contribution in [2.24, 2.45) is 0 Å². The van der Waals surface area contributed by atoms with E-state index in [0.717, 1.165) is 19.4 Å². The van der Waals surface area contributed by atoms with Gasteiger partial charge in [-0.2, -0.15) is 11.3 Å². The molecule has 2 saturated heterocycles. The van der Waals surface area contributed by atoms with Crippen LogP contribution in [0.4, 0.5) is 4.79 Å². The molecule has 1 N–H and O–H groups in total. The predicted octanol–water partition coefficient (Wildman–Crippen LogP) is 3.77. The smallest absolute Gasteiger partial charge is 0.407 e. The molecule has 0 spiro atoms. The van der Waals surface area contributed by atoms with E-state index in [2.05, 4.69) is 27.0 Å². The Morgan fingerprint density at radius 1 is 1.36 bits per heavy atom. The summed E-state index contributed by atoms with van der Waals surface area (Å²) < 4.78 is 5.38. The summed E-state index contributed by atoms with van der Waals surface area (Å²) >= 11 is 1.77. The van der Waals surface area contributed by atoms with Crippen molar-refractivity contribution in [1.82, 2.24) is 10.2 Å². The van der Waals surface area contributed by atoms with Gasteiger partial charge in [0.1, 0.15) is 5.60 Å². The van der Waals surface area contributed by atoms with Crippen LogP contribution in [-0.2, 0) is 11.3 Å². The highest BCUT2D eigenvalue weighted by Crippen LogP contribution is 2.37. The van der Waals surface area contributed by atoms with Crippen molar-refractivity contribution in [3.63, 3.8) is 0 Å². The SMILES string of the molecule is CC(C)(C)OC(=O)NC1CC2CCC(C1)N2Cc1ccsc1. The lowest BCUT2D eigenvalue weighted by molar-refractivity contribution is 0.0436. The third-order valence-corrected chi connectivity index (χ3v) is 5.28. The lowest BCUT2D eigenvalue weighted by Crippen LogP contribution is -2.50. The molecule has 2 aliphatic rings. The first kappa shape index (κ1) is 15.8. The van der Waals surface area contributed by atoms with Crippen LogP contribution in [0.25, 0.3) is 0 Å². The molecule has 2 fully saturated rings. The molecule has 22 heavy (non-hydrogen) atoms. The highest BCUT2D eigenvalue weighted by atomic mass is 32.1. The summed E-state index contributed by atoms with van der Waals surface area (Å²) in [5.74, 6) is 0. The summed E-state index contributed by atoms with van der Waals surface area (Å²) in [6.45, 7) is 6.76. The number of carbonyl (C=O) groups is 1. The molecule has 0 aromatic carbocycles. The van der Waals surface area contributed by atoms with Crippen LogP contribution >= 0.6 is 11.3 Å². The van der Waals surface area contributed by atoms with Crippen molar-refractivity contribution >= 4 is 17.4 Å². The summed E-state index contributed by atoms with van der Waals surface area (Å²) in [6, 6.07) is 3.66. The third-order valence-electron chi connectivity index (χ3n) is 4.55. The zero-order valence-corrected chi connectivity index (χ0v) is 14.5. The second-order valence-corrected chi connectivity index (χ2v) is 8.28. The van der Waals surface area contributed by atoms with Crippen LogP contribution in [0.5, 0.6) is 0 Å². The Bertz CT molecular complexity index is 495. The molecule has 1 aromatic heterocycles. The van der Waals surface area contributed by atoms with E-state index in [1.165, 1.54) is 18.4 Å². The third kappa shape index (κ3) is 3.82. The minimum Gasteiger partial charge on any atom is -0.444 e. The van der Waals surface area contributed by atoms with Gasteiger partial charge in [-0.15, -0.1) is 0 Å². The van der Waals surface area contributed by atoms with E-state index in [1.807, 2.05) is 20.8 Å².